The number of hydrogen-bond acceptors (Lipinski definition) is 2. The molecule has 3 heteroatoms. The Morgan fingerprint density at radius 1 is 1.33 bits per heavy atom. The van der Waals surface area contributed by atoms with Crippen LogP contribution in [0.1, 0.15) is 33.6 Å². The first-order valence-electron chi connectivity index (χ1n) is 5.92. The Balaban J connectivity index is 2.00. The molecule has 2 bridgehead atoms. The fourth-order valence-corrected chi connectivity index (χ4v) is 3.59. The van der Waals surface area contributed by atoms with Gasteiger partial charge in [-0.1, -0.05) is 13.8 Å². The molecule has 0 aliphatic heterocycles. The number of rotatable bonds is 2. The highest BCUT2D eigenvalue weighted by Crippen LogP contribution is 2.55. The van der Waals surface area contributed by atoms with Gasteiger partial charge >= 0.3 is 5.97 Å². The molecule has 2 aliphatic carbocycles. The first-order chi connectivity index (χ1) is 7.00. The van der Waals surface area contributed by atoms with E-state index in [0.717, 1.165) is 18.3 Å². The summed E-state index contributed by atoms with van der Waals surface area (Å²) in [5.74, 6) is 2.98. The third kappa shape index (κ3) is 1.86. The molecule has 0 N–H and O–H groups in total. The number of carbonyl (C=O) groups is 1. The van der Waals surface area contributed by atoms with E-state index in [1.807, 2.05) is 6.92 Å². The number of fused-ring (bicyclic) bond motifs is 2. The molecule has 2 rings (SSSR count). The minimum atomic E-state index is -0.163. The Bertz CT molecular complexity index is 262. The second-order valence-corrected chi connectivity index (χ2v) is 6.11. The second kappa shape index (κ2) is 3.93. The van der Waals surface area contributed by atoms with Gasteiger partial charge in [-0.2, -0.15) is 0 Å². The summed E-state index contributed by atoms with van der Waals surface area (Å²) in [5.41, 5.74) is -0.163. The van der Waals surface area contributed by atoms with E-state index in [-0.39, 0.29) is 17.6 Å². The number of hydrogen-bond donors (Lipinski definition) is 0. The van der Waals surface area contributed by atoms with Crippen LogP contribution in [0.2, 0.25) is 0 Å². The standard InChI is InChI=1S/C12H19O2Si/c1-6-7(2)10-4-9(6)5-11(10)12(13)14-8(3)15/h6-11H,4-5H2,1-3H3. The number of esters is 1. The molecule has 3 radical (unpaired) electrons. The van der Waals surface area contributed by atoms with Crippen LogP contribution in [0.3, 0.4) is 0 Å². The van der Waals surface area contributed by atoms with Gasteiger partial charge in [-0.25, -0.2) is 0 Å². The smallest absolute Gasteiger partial charge is 0.309 e. The monoisotopic (exact) mass is 223 g/mol. The van der Waals surface area contributed by atoms with Crippen LogP contribution in [0.25, 0.3) is 0 Å². The lowest BCUT2D eigenvalue weighted by Crippen LogP contribution is -2.32. The molecule has 0 aromatic rings. The van der Waals surface area contributed by atoms with E-state index in [0.29, 0.717) is 11.8 Å². The zero-order valence-electron chi connectivity index (χ0n) is 9.69. The van der Waals surface area contributed by atoms with Crippen molar-refractivity contribution in [2.24, 2.45) is 29.6 Å². The molecule has 0 heterocycles. The van der Waals surface area contributed by atoms with E-state index in [1.54, 1.807) is 0 Å². The third-order valence-corrected chi connectivity index (χ3v) is 4.61. The summed E-state index contributed by atoms with van der Waals surface area (Å²) in [6.45, 7) is 6.45. The lowest BCUT2D eigenvalue weighted by molar-refractivity contribution is -0.152. The van der Waals surface area contributed by atoms with Crippen LogP contribution < -0.4 is 0 Å². The molecule has 0 aromatic heterocycles. The zero-order chi connectivity index (χ0) is 11.2. The molecule has 0 aromatic carbocycles. The summed E-state index contributed by atoms with van der Waals surface area (Å²) < 4.78 is 5.24. The lowest BCUT2D eigenvalue weighted by atomic mass is 9.76. The van der Waals surface area contributed by atoms with E-state index in [1.165, 1.54) is 6.42 Å². The van der Waals surface area contributed by atoms with Crippen molar-refractivity contribution in [3.8, 4) is 0 Å². The Kier molecular flexibility index (Phi) is 2.93. The van der Waals surface area contributed by atoms with Gasteiger partial charge in [0.2, 0.25) is 0 Å². The summed E-state index contributed by atoms with van der Waals surface area (Å²) in [6.07, 6.45) is 2.28. The minimum absolute atomic E-state index is 0.00347. The van der Waals surface area contributed by atoms with Gasteiger partial charge in [0.05, 0.1) is 21.9 Å². The second-order valence-electron chi connectivity index (χ2n) is 5.30. The minimum Gasteiger partial charge on any atom is -0.467 e. The van der Waals surface area contributed by atoms with Gasteiger partial charge in [-0.15, -0.1) is 0 Å². The van der Waals surface area contributed by atoms with Crippen LogP contribution in [0.4, 0.5) is 0 Å². The first kappa shape index (κ1) is 11.2. The number of carbonyl (C=O) groups excluding carboxylic acids is 1. The van der Waals surface area contributed by atoms with E-state index >= 15 is 0 Å². The highest BCUT2D eigenvalue weighted by atomic mass is 28.1. The molecule has 2 aliphatic rings. The highest BCUT2D eigenvalue weighted by molar-refractivity contribution is 6.11. The van der Waals surface area contributed by atoms with Gasteiger partial charge in [0.25, 0.3) is 0 Å². The fourth-order valence-electron chi connectivity index (χ4n) is 3.47. The summed E-state index contributed by atoms with van der Waals surface area (Å²) in [6, 6.07) is 0. The molecule has 6 atom stereocenters. The molecular formula is C12H19O2Si. The van der Waals surface area contributed by atoms with Crippen molar-refractivity contribution in [3.63, 3.8) is 0 Å². The van der Waals surface area contributed by atoms with Gasteiger partial charge in [0, 0.05) is 0 Å². The van der Waals surface area contributed by atoms with E-state index < -0.39 is 0 Å². The Morgan fingerprint density at radius 2 is 2.00 bits per heavy atom. The maximum absolute atomic E-state index is 11.8. The van der Waals surface area contributed by atoms with Crippen LogP contribution in [0.5, 0.6) is 0 Å². The Labute approximate surface area is 95.2 Å². The van der Waals surface area contributed by atoms with Gasteiger partial charge < -0.3 is 4.74 Å². The normalized spacial score (nSPS) is 45.5. The molecular weight excluding hydrogens is 204 g/mol. The fraction of sp³-hybridized carbons (Fsp3) is 0.917. The Morgan fingerprint density at radius 3 is 2.47 bits per heavy atom. The SMILES string of the molecule is CC([Si])OC(=O)C1CC2CC1C(C)C2C. The maximum Gasteiger partial charge on any atom is 0.309 e. The Hall–Kier alpha value is -0.313. The van der Waals surface area contributed by atoms with Gasteiger partial charge in [-0.3, -0.25) is 4.79 Å². The van der Waals surface area contributed by atoms with Crippen molar-refractivity contribution in [1.29, 1.82) is 0 Å². The molecule has 2 nitrogen and oxygen atoms in total. The van der Waals surface area contributed by atoms with Crippen LogP contribution >= 0.6 is 0 Å². The quantitative estimate of drug-likeness (QED) is 0.528. The van der Waals surface area contributed by atoms with E-state index in [2.05, 4.69) is 24.1 Å². The zero-order valence-corrected chi connectivity index (χ0v) is 10.7. The van der Waals surface area contributed by atoms with E-state index in [9.17, 15) is 4.79 Å². The summed E-state index contributed by atoms with van der Waals surface area (Å²) in [7, 11) is 3.31. The molecule has 2 saturated carbocycles. The molecule has 0 spiro atoms. The molecule has 6 unspecified atom stereocenters. The maximum atomic E-state index is 11.8. The molecule has 2 fully saturated rings. The summed E-state index contributed by atoms with van der Waals surface area (Å²) in [4.78, 5) is 11.8. The van der Waals surface area contributed by atoms with Crippen molar-refractivity contribution in [3.05, 3.63) is 0 Å². The van der Waals surface area contributed by atoms with Gasteiger partial charge in [0.15, 0.2) is 0 Å². The average Bonchev–Trinajstić information content (AvgIpc) is 2.67. The highest BCUT2D eigenvalue weighted by Gasteiger charge is 2.51. The summed E-state index contributed by atoms with van der Waals surface area (Å²) >= 11 is 0. The third-order valence-electron chi connectivity index (χ3n) is 4.49. The molecule has 0 saturated heterocycles. The molecule has 15 heavy (non-hydrogen) atoms. The van der Waals surface area contributed by atoms with Crippen LogP contribution in [-0.4, -0.2) is 21.9 Å². The van der Waals surface area contributed by atoms with E-state index in [4.69, 9.17) is 4.74 Å². The van der Waals surface area contributed by atoms with Crippen molar-refractivity contribution in [2.75, 3.05) is 0 Å². The predicted octanol–water partition coefficient (Wildman–Crippen LogP) is 1.97. The van der Waals surface area contributed by atoms with Crippen molar-refractivity contribution >= 4 is 16.2 Å². The molecule has 0 amide bonds. The predicted molar refractivity (Wildman–Crippen MR) is 59.3 cm³/mol. The topological polar surface area (TPSA) is 26.3 Å². The lowest BCUT2D eigenvalue weighted by Gasteiger charge is -2.30. The molecule has 83 valence electrons. The van der Waals surface area contributed by atoms with Crippen molar-refractivity contribution in [2.45, 2.75) is 39.3 Å². The first-order valence-corrected chi connectivity index (χ1v) is 6.50. The van der Waals surface area contributed by atoms with Crippen LogP contribution in [0.15, 0.2) is 0 Å². The van der Waals surface area contributed by atoms with Gasteiger partial charge in [-0.05, 0) is 43.4 Å². The van der Waals surface area contributed by atoms with Gasteiger partial charge in [0.1, 0.15) is 0 Å². The average molecular weight is 223 g/mol. The largest absolute Gasteiger partial charge is 0.467 e. The van der Waals surface area contributed by atoms with Crippen molar-refractivity contribution < 1.29 is 9.53 Å². The summed E-state index contributed by atoms with van der Waals surface area (Å²) in [5, 5.41) is 0. The van der Waals surface area contributed by atoms with Crippen LogP contribution in [-0.2, 0) is 9.53 Å². The number of ether oxygens (including phenoxy) is 1. The van der Waals surface area contributed by atoms with Crippen LogP contribution in [0, 0.1) is 29.6 Å². The van der Waals surface area contributed by atoms with Crippen molar-refractivity contribution in [1.82, 2.24) is 0 Å².